The lowest BCUT2D eigenvalue weighted by atomic mass is 9.96. The van der Waals surface area contributed by atoms with Crippen LogP contribution in [0.15, 0.2) is 42.5 Å². The quantitative estimate of drug-likeness (QED) is 0.893. The highest BCUT2D eigenvalue weighted by atomic mass is 19.1. The number of halogens is 1. The zero-order valence-corrected chi connectivity index (χ0v) is 12.1. The first-order valence-corrected chi connectivity index (χ1v) is 6.80. The van der Waals surface area contributed by atoms with Crippen LogP contribution >= 0.6 is 0 Å². The van der Waals surface area contributed by atoms with Crippen LogP contribution in [0.3, 0.4) is 0 Å². The Morgan fingerprint density at radius 1 is 1.10 bits per heavy atom. The van der Waals surface area contributed by atoms with E-state index < -0.39 is 0 Å². The molecule has 3 heteroatoms. The van der Waals surface area contributed by atoms with Crippen LogP contribution in [0.1, 0.15) is 29.7 Å². The summed E-state index contributed by atoms with van der Waals surface area (Å²) < 4.78 is 19.8. The van der Waals surface area contributed by atoms with Crippen molar-refractivity contribution in [2.75, 3.05) is 13.7 Å². The van der Waals surface area contributed by atoms with Crippen molar-refractivity contribution in [1.29, 1.82) is 0 Å². The van der Waals surface area contributed by atoms with Crippen LogP contribution in [-0.4, -0.2) is 13.7 Å². The van der Waals surface area contributed by atoms with E-state index >= 15 is 0 Å². The van der Waals surface area contributed by atoms with Gasteiger partial charge in [0, 0.05) is 11.1 Å². The van der Waals surface area contributed by atoms with Crippen LogP contribution in [0.25, 0.3) is 0 Å². The van der Waals surface area contributed by atoms with Gasteiger partial charge in [-0.15, -0.1) is 0 Å². The molecule has 0 aliphatic rings. The minimum Gasteiger partial charge on any atom is -0.496 e. The third-order valence-corrected chi connectivity index (χ3v) is 3.39. The van der Waals surface area contributed by atoms with Crippen LogP contribution in [0.2, 0.25) is 0 Å². The van der Waals surface area contributed by atoms with Gasteiger partial charge in [-0.1, -0.05) is 43.3 Å². The molecule has 1 N–H and O–H groups in total. The lowest BCUT2D eigenvalue weighted by Crippen LogP contribution is -2.23. The van der Waals surface area contributed by atoms with Crippen molar-refractivity contribution in [3.63, 3.8) is 0 Å². The van der Waals surface area contributed by atoms with Crippen LogP contribution in [-0.2, 0) is 0 Å². The van der Waals surface area contributed by atoms with Crippen molar-refractivity contribution < 1.29 is 9.13 Å². The number of hydrogen-bond donors (Lipinski definition) is 1. The second kappa shape index (κ2) is 6.53. The van der Waals surface area contributed by atoms with Crippen molar-refractivity contribution in [3.05, 3.63) is 65.0 Å². The predicted molar refractivity (Wildman–Crippen MR) is 79.7 cm³/mol. The van der Waals surface area contributed by atoms with Gasteiger partial charge in [0.15, 0.2) is 0 Å². The molecule has 0 radical (unpaired) electrons. The molecule has 106 valence electrons. The molecule has 2 nitrogen and oxygen atoms in total. The van der Waals surface area contributed by atoms with Gasteiger partial charge < -0.3 is 10.1 Å². The summed E-state index contributed by atoms with van der Waals surface area (Å²) in [7, 11) is 1.63. The number of para-hydroxylation sites is 1. The zero-order chi connectivity index (χ0) is 14.5. The minimum atomic E-state index is -0.212. The molecule has 2 rings (SSSR count). The highest BCUT2D eigenvalue weighted by Crippen LogP contribution is 2.31. The summed E-state index contributed by atoms with van der Waals surface area (Å²) in [5.74, 6) is 0.601. The van der Waals surface area contributed by atoms with E-state index in [2.05, 4.69) is 5.32 Å². The Labute approximate surface area is 119 Å². The summed E-state index contributed by atoms with van der Waals surface area (Å²) in [6.45, 7) is 4.54. The van der Waals surface area contributed by atoms with Crippen molar-refractivity contribution in [3.8, 4) is 5.75 Å². The van der Waals surface area contributed by atoms with E-state index in [1.807, 2.05) is 43.3 Å². The number of hydrogen-bond acceptors (Lipinski definition) is 2. The summed E-state index contributed by atoms with van der Waals surface area (Å²) in [5.41, 5.74) is 2.25. The number of rotatable bonds is 5. The largest absolute Gasteiger partial charge is 0.496 e. The summed E-state index contributed by atoms with van der Waals surface area (Å²) >= 11 is 0. The SMILES string of the molecule is CCNC(c1ccccc1OC)c1cccc(C)c1F. The van der Waals surface area contributed by atoms with Gasteiger partial charge in [0.1, 0.15) is 11.6 Å². The van der Waals surface area contributed by atoms with Gasteiger partial charge in [0.2, 0.25) is 0 Å². The summed E-state index contributed by atoms with van der Waals surface area (Å²) in [6.07, 6.45) is 0. The maximum atomic E-state index is 14.4. The molecule has 0 saturated carbocycles. The Balaban J connectivity index is 2.53. The average Bonchev–Trinajstić information content (AvgIpc) is 2.48. The molecule has 0 spiro atoms. The minimum absolute atomic E-state index is 0.163. The molecule has 2 aromatic rings. The highest BCUT2D eigenvalue weighted by Gasteiger charge is 2.20. The molecule has 0 saturated heterocycles. The number of nitrogens with one attached hydrogen (secondary N) is 1. The topological polar surface area (TPSA) is 21.3 Å². The Hall–Kier alpha value is -1.87. The molecule has 0 heterocycles. The van der Waals surface area contributed by atoms with Gasteiger partial charge in [-0.25, -0.2) is 4.39 Å². The van der Waals surface area contributed by atoms with E-state index in [1.54, 1.807) is 20.1 Å². The third-order valence-electron chi connectivity index (χ3n) is 3.39. The first-order valence-electron chi connectivity index (χ1n) is 6.80. The van der Waals surface area contributed by atoms with Gasteiger partial charge in [-0.3, -0.25) is 0 Å². The van der Waals surface area contributed by atoms with Crippen molar-refractivity contribution in [1.82, 2.24) is 5.32 Å². The summed E-state index contributed by atoms with van der Waals surface area (Å²) in [5, 5.41) is 3.34. The van der Waals surface area contributed by atoms with Gasteiger partial charge in [-0.2, -0.15) is 0 Å². The van der Waals surface area contributed by atoms with Gasteiger partial charge >= 0.3 is 0 Å². The molecule has 0 aliphatic carbocycles. The maximum Gasteiger partial charge on any atom is 0.131 e. The second-order valence-electron chi connectivity index (χ2n) is 4.71. The molecule has 0 aromatic heterocycles. The summed E-state index contributed by atoms with van der Waals surface area (Å²) in [6, 6.07) is 13.0. The smallest absolute Gasteiger partial charge is 0.131 e. The fourth-order valence-electron chi connectivity index (χ4n) is 2.39. The number of benzene rings is 2. The van der Waals surface area contributed by atoms with Crippen molar-refractivity contribution in [2.24, 2.45) is 0 Å². The molecule has 2 aromatic carbocycles. The Bertz CT molecular complexity index is 583. The lowest BCUT2D eigenvalue weighted by molar-refractivity contribution is 0.403. The van der Waals surface area contributed by atoms with Crippen LogP contribution in [0, 0.1) is 12.7 Å². The highest BCUT2D eigenvalue weighted by molar-refractivity contribution is 5.43. The van der Waals surface area contributed by atoms with Crippen molar-refractivity contribution in [2.45, 2.75) is 19.9 Å². The molecule has 1 unspecified atom stereocenters. The maximum absolute atomic E-state index is 14.4. The Morgan fingerprint density at radius 3 is 2.50 bits per heavy atom. The number of aryl methyl sites for hydroxylation is 1. The van der Waals surface area contributed by atoms with Gasteiger partial charge in [0.25, 0.3) is 0 Å². The van der Waals surface area contributed by atoms with Crippen LogP contribution < -0.4 is 10.1 Å². The third kappa shape index (κ3) is 2.83. The Morgan fingerprint density at radius 2 is 1.80 bits per heavy atom. The van der Waals surface area contributed by atoms with E-state index in [9.17, 15) is 4.39 Å². The molecular formula is C17H20FNO. The zero-order valence-electron chi connectivity index (χ0n) is 12.1. The normalized spacial score (nSPS) is 12.2. The molecule has 0 amide bonds. The molecular weight excluding hydrogens is 253 g/mol. The van der Waals surface area contributed by atoms with E-state index in [0.29, 0.717) is 11.1 Å². The number of ether oxygens (including phenoxy) is 1. The van der Waals surface area contributed by atoms with E-state index in [1.165, 1.54) is 0 Å². The lowest BCUT2D eigenvalue weighted by Gasteiger charge is -2.22. The first-order chi connectivity index (χ1) is 9.69. The molecule has 0 fully saturated rings. The predicted octanol–water partition coefficient (Wildman–Crippen LogP) is 3.84. The average molecular weight is 273 g/mol. The monoisotopic (exact) mass is 273 g/mol. The van der Waals surface area contributed by atoms with Crippen molar-refractivity contribution >= 4 is 0 Å². The first kappa shape index (κ1) is 14.5. The van der Waals surface area contributed by atoms with E-state index in [0.717, 1.165) is 17.9 Å². The van der Waals surface area contributed by atoms with Crippen LogP contribution in [0.4, 0.5) is 4.39 Å². The second-order valence-corrected chi connectivity index (χ2v) is 4.71. The van der Waals surface area contributed by atoms with Gasteiger partial charge in [0.05, 0.1) is 13.2 Å². The molecule has 0 aliphatic heterocycles. The number of methoxy groups -OCH3 is 1. The summed E-state index contributed by atoms with van der Waals surface area (Å²) in [4.78, 5) is 0. The van der Waals surface area contributed by atoms with Crippen LogP contribution in [0.5, 0.6) is 5.75 Å². The molecule has 0 bridgehead atoms. The Kier molecular flexibility index (Phi) is 4.74. The standard InChI is InChI=1S/C17H20FNO/c1-4-19-17(13-9-5-6-11-15(13)20-3)14-10-7-8-12(2)16(14)18/h5-11,17,19H,4H2,1-3H3. The fourth-order valence-corrected chi connectivity index (χ4v) is 2.39. The fraction of sp³-hybridized carbons (Fsp3) is 0.294. The molecule has 1 atom stereocenters. The van der Waals surface area contributed by atoms with Gasteiger partial charge in [-0.05, 0) is 25.1 Å². The van der Waals surface area contributed by atoms with E-state index in [-0.39, 0.29) is 11.9 Å². The molecule has 20 heavy (non-hydrogen) atoms. The van der Waals surface area contributed by atoms with E-state index in [4.69, 9.17) is 4.74 Å².